The number of carbonyl (C=O) groups excluding carboxylic acids is 1. The molecular weight excluding hydrogens is 416 g/mol. The third kappa shape index (κ3) is 5.19. The van der Waals surface area contributed by atoms with Gasteiger partial charge in [-0.05, 0) is 50.3 Å². The highest BCUT2D eigenvalue weighted by Gasteiger charge is 2.19. The van der Waals surface area contributed by atoms with Crippen molar-refractivity contribution in [3.05, 3.63) is 59.2 Å². The number of likely N-dealkylation sites (N-methyl/N-ethyl adjacent to an activating group) is 1. The fourth-order valence-corrected chi connectivity index (χ4v) is 4.83. The van der Waals surface area contributed by atoms with Crippen LogP contribution >= 0.6 is 23.4 Å². The molecule has 158 valence electrons. The predicted molar refractivity (Wildman–Crippen MR) is 125 cm³/mol. The molecule has 4 rings (SSSR count). The molecule has 0 atom stereocenters. The maximum Gasteiger partial charge on any atom is 0.268 e. The highest BCUT2D eigenvalue weighted by molar-refractivity contribution is 7.99. The van der Waals surface area contributed by atoms with Crippen molar-refractivity contribution in [2.24, 2.45) is 0 Å². The number of aromatic nitrogens is 1. The van der Waals surface area contributed by atoms with Crippen LogP contribution in [-0.4, -0.2) is 67.0 Å². The highest BCUT2D eigenvalue weighted by atomic mass is 35.5. The lowest BCUT2D eigenvalue weighted by Gasteiger charge is -2.32. The van der Waals surface area contributed by atoms with Crippen LogP contribution in [0, 0.1) is 0 Å². The van der Waals surface area contributed by atoms with E-state index in [1.807, 2.05) is 48.5 Å². The SMILES string of the molecule is CN1CCN(CCCNC(=O)c2[nH]c3ccccc3c2Sc2ccc(Cl)cc2)CC1. The van der Waals surface area contributed by atoms with Crippen molar-refractivity contribution in [1.82, 2.24) is 20.1 Å². The van der Waals surface area contributed by atoms with Crippen LogP contribution in [0.2, 0.25) is 5.02 Å². The van der Waals surface area contributed by atoms with Crippen LogP contribution < -0.4 is 5.32 Å². The van der Waals surface area contributed by atoms with E-state index in [0.717, 1.165) is 59.8 Å². The summed E-state index contributed by atoms with van der Waals surface area (Å²) in [4.78, 5) is 23.1. The molecular formula is C23H27ClN4OS. The van der Waals surface area contributed by atoms with Crippen molar-refractivity contribution in [2.45, 2.75) is 16.2 Å². The second kappa shape index (κ2) is 9.88. The molecule has 2 heterocycles. The van der Waals surface area contributed by atoms with Gasteiger partial charge >= 0.3 is 0 Å². The number of para-hydroxylation sites is 1. The van der Waals surface area contributed by atoms with Gasteiger partial charge < -0.3 is 20.1 Å². The summed E-state index contributed by atoms with van der Waals surface area (Å²) in [6.45, 7) is 6.14. The Kier molecular flexibility index (Phi) is 7.00. The molecule has 0 unspecified atom stereocenters. The number of halogens is 1. The zero-order valence-corrected chi connectivity index (χ0v) is 18.7. The van der Waals surface area contributed by atoms with Gasteiger partial charge in [0.15, 0.2) is 0 Å². The summed E-state index contributed by atoms with van der Waals surface area (Å²) >= 11 is 7.61. The first kappa shape index (κ1) is 21.2. The van der Waals surface area contributed by atoms with Crippen LogP contribution in [0.15, 0.2) is 58.3 Å². The van der Waals surface area contributed by atoms with Gasteiger partial charge in [0.1, 0.15) is 5.69 Å². The number of aromatic amines is 1. The van der Waals surface area contributed by atoms with Crippen LogP contribution in [0.25, 0.3) is 10.9 Å². The van der Waals surface area contributed by atoms with Crippen LogP contribution in [0.3, 0.4) is 0 Å². The predicted octanol–water partition coefficient (Wildman–Crippen LogP) is 4.34. The van der Waals surface area contributed by atoms with Crippen LogP contribution in [-0.2, 0) is 0 Å². The largest absolute Gasteiger partial charge is 0.351 e. The number of benzene rings is 2. The second-order valence-electron chi connectivity index (χ2n) is 7.69. The quantitative estimate of drug-likeness (QED) is 0.534. The van der Waals surface area contributed by atoms with Crippen molar-refractivity contribution in [3.8, 4) is 0 Å². The molecule has 3 aromatic rings. The number of rotatable bonds is 7. The Morgan fingerprint density at radius 3 is 2.60 bits per heavy atom. The van der Waals surface area contributed by atoms with E-state index in [4.69, 9.17) is 11.6 Å². The average Bonchev–Trinajstić information content (AvgIpc) is 3.12. The summed E-state index contributed by atoms with van der Waals surface area (Å²) in [6, 6.07) is 15.7. The third-order valence-electron chi connectivity index (χ3n) is 5.45. The normalized spacial score (nSPS) is 15.5. The Morgan fingerprint density at radius 2 is 1.83 bits per heavy atom. The minimum absolute atomic E-state index is 0.0546. The molecule has 1 amide bonds. The molecule has 7 heteroatoms. The molecule has 5 nitrogen and oxygen atoms in total. The molecule has 30 heavy (non-hydrogen) atoms. The molecule has 0 bridgehead atoms. The Bertz CT molecular complexity index is 996. The van der Waals surface area contributed by atoms with Crippen LogP contribution in [0.5, 0.6) is 0 Å². The molecule has 0 aliphatic carbocycles. The molecule has 2 N–H and O–H groups in total. The monoisotopic (exact) mass is 442 g/mol. The van der Waals surface area contributed by atoms with Gasteiger partial charge in [0.2, 0.25) is 0 Å². The minimum atomic E-state index is -0.0546. The van der Waals surface area contributed by atoms with E-state index < -0.39 is 0 Å². The minimum Gasteiger partial charge on any atom is -0.351 e. The average molecular weight is 443 g/mol. The first-order valence-corrected chi connectivity index (χ1v) is 11.5. The van der Waals surface area contributed by atoms with Crippen molar-refractivity contribution < 1.29 is 4.79 Å². The second-order valence-corrected chi connectivity index (χ2v) is 9.21. The molecule has 0 saturated carbocycles. The van der Waals surface area contributed by atoms with E-state index in [1.54, 1.807) is 11.8 Å². The molecule has 0 radical (unpaired) electrons. The fraction of sp³-hybridized carbons (Fsp3) is 0.348. The summed E-state index contributed by atoms with van der Waals surface area (Å²) in [6.07, 6.45) is 0.954. The van der Waals surface area contributed by atoms with Crippen molar-refractivity contribution >= 4 is 40.2 Å². The first-order chi connectivity index (χ1) is 14.6. The molecule has 1 aromatic heterocycles. The number of carbonyl (C=O) groups is 1. The fourth-order valence-electron chi connectivity index (χ4n) is 3.67. The lowest BCUT2D eigenvalue weighted by molar-refractivity contribution is 0.0942. The Morgan fingerprint density at radius 1 is 1.10 bits per heavy atom. The van der Waals surface area contributed by atoms with Crippen LogP contribution in [0.1, 0.15) is 16.9 Å². The number of hydrogen-bond acceptors (Lipinski definition) is 4. The number of amides is 1. The maximum atomic E-state index is 13.0. The molecule has 2 aromatic carbocycles. The van der Waals surface area contributed by atoms with E-state index in [1.165, 1.54) is 0 Å². The van der Waals surface area contributed by atoms with Crippen molar-refractivity contribution in [1.29, 1.82) is 0 Å². The first-order valence-electron chi connectivity index (χ1n) is 10.3. The summed E-state index contributed by atoms with van der Waals surface area (Å²) in [5.41, 5.74) is 1.59. The van der Waals surface area contributed by atoms with E-state index in [2.05, 4.69) is 27.1 Å². The van der Waals surface area contributed by atoms with Gasteiger partial charge in [-0.2, -0.15) is 0 Å². The number of piperazine rings is 1. The number of fused-ring (bicyclic) bond motifs is 1. The molecule has 1 aliphatic rings. The van der Waals surface area contributed by atoms with Gasteiger partial charge in [-0.15, -0.1) is 0 Å². The van der Waals surface area contributed by atoms with Gasteiger partial charge in [-0.25, -0.2) is 0 Å². The summed E-state index contributed by atoms with van der Waals surface area (Å²) in [7, 11) is 2.16. The molecule has 1 aliphatic heterocycles. The zero-order valence-electron chi connectivity index (χ0n) is 17.2. The van der Waals surface area contributed by atoms with Gasteiger partial charge in [-0.1, -0.05) is 41.6 Å². The standard InChI is InChI=1S/C23H27ClN4OS/c1-27-13-15-28(16-14-27)12-4-11-25-23(29)21-22(19-5-2-3-6-20(19)26-21)30-18-9-7-17(24)8-10-18/h2-3,5-10,26H,4,11-16H2,1H3,(H,25,29). The van der Waals surface area contributed by atoms with E-state index in [9.17, 15) is 4.79 Å². The van der Waals surface area contributed by atoms with E-state index in [-0.39, 0.29) is 5.91 Å². The van der Waals surface area contributed by atoms with Gasteiger partial charge in [0.05, 0.1) is 4.90 Å². The molecule has 1 fully saturated rings. The highest BCUT2D eigenvalue weighted by Crippen LogP contribution is 2.37. The third-order valence-corrected chi connectivity index (χ3v) is 6.84. The topological polar surface area (TPSA) is 51.4 Å². The number of nitrogens with one attached hydrogen (secondary N) is 2. The Balaban J connectivity index is 1.42. The lowest BCUT2D eigenvalue weighted by Crippen LogP contribution is -2.45. The van der Waals surface area contributed by atoms with Crippen LogP contribution in [0.4, 0.5) is 0 Å². The van der Waals surface area contributed by atoms with Gasteiger partial charge in [0.25, 0.3) is 5.91 Å². The number of nitrogens with zero attached hydrogens (tertiary/aromatic N) is 2. The smallest absolute Gasteiger partial charge is 0.268 e. The number of hydrogen-bond donors (Lipinski definition) is 2. The summed E-state index contributed by atoms with van der Waals surface area (Å²) in [5.74, 6) is -0.0546. The van der Waals surface area contributed by atoms with E-state index in [0.29, 0.717) is 17.3 Å². The molecule has 0 spiro atoms. The lowest BCUT2D eigenvalue weighted by atomic mass is 10.2. The van der Waals surface area contributed by atoms with Gasteiger partial charge in [0, 0.05) is 53.5 Å². The zero-order chi connectivity index (χ0) is 20.9. The van der Waals surface area contributed by atoms with Crippen molar-refractivity contribution in [3.63, 3.8) is 0 Å². The summed E-state index contributed by atoms with van der Waals surface area (Å²) < 4.78 is 0. The Hall–Kier alpha value is -1.99. The Labute approximate surface area is 186 Å². The van der Waals surface area contributed by atoms with E-state index >= 15 is 0 Å². The van der Waals surface area contributed by atoms with Crippen molar-refractivity contribution in [2.75, 3.05) is 46.3 Å². The summed E-state index contributed by atoms with van der Waals surface area (Å²) in [5, 5.41) is 4.86. The van der Waals surface area contributed by atoms with Gasteiger partial charge in [-0.3, -0.25) is 4.79 Å². The molecule has 1 saturated heterocycles. The maximum absolute atomic E-state index is 13.0. The number of H-pyrrole nitrogens is 1.